The summed E-state index contributed by atoms with van der Waals surface area (Å²) in [6, 6.07) is 10.4. The van der Waals surface area contributed by atoms with Crippen LogP contribution in [0.1, 0.15) is 18.4 Å². The average molecular weight is 419 g/mol. The molecule has 0 unspecified atom stereocenters. The zero-order chi connectivity index (χ0) is 21.0. The molecule has 9 heteroatoms. The number of sulfonamides is 1. The third-order valence-corrected chi connectivity index (χ3v) is 6.35. The second kappa shape index (κ2) is 8.60. The predicted molar refractivity (Wildman–Crippen MR) is 106 cm³/mol. The summed E-state index contributed by atoms with van der Waals surface area (Å²) < 4.78 is 39.9. The van der Waals surface area contributed by atoms with Gasteiger partial charge in [-0.3, -0.25) is 4.79 Å². The van der Waals surface area contributed by atoms with Crippen LogP contribution >= 0.6 is 0 Å². The SMILES string of the molecule is Cc1ccc(S(=O)(=O)N(CC(=O)Nc2ccc(F)cc2)C(=O)N2CCCC2)cc1. The van der Waals surface area contributed by atoms with Crippen LogP contribution in [0.2, 0.25) is 0 Å². The van der Waals surface area contributed by atoms with Crippen LogP contribution in [0.5, 0.6) is 0 Å². The fourth-order valence-electron chi connectivity index (χ4n) is 3.02. The molecule has 1 saturated heterocycles. The van der Waals surface area contributed by atoms with E-state index in [0.717, 1.165) is 18.4 Å². The number of benzene rings is 2. The molecule has 7 nitrogen and oxygen atoms in total. The van der Waals surface area contributed by atoms with Crippen molar-refractivity contribution < 1.29 is 22.4 Å². The molecule has 29 heavy (non-hydrogen) atoms. The summed E-state index contributed by atoms with van der Waals surface area (Å²) in [5, 5.41) is 2.50. The Bertz CT molecular complexity index is 985. The van der Waals surface area contributed by atoms with Gasteiger partial charge < -0.3 is 10.2 Å². The van der Waals surface area contributed by atoms with E-state index < -0.39 is 34.3 Å². The van der Waals surface area contributed by atoms with E-state index in [1.54, 1.807) is 12.1 Å². The van der Waals surface area contributed by atoms with E-state index in [1.807, 2.05) is 6.92 Å². The van der Waals surface area contributed by atoms with Gasteiger partial charge in [-0.05, 0) is 56.2 Å². The Balaban J connectivity index is 1.86. The fourth-order valence-corrected chi connectivity index (χ4v) is 4.37. The van der Waals surface area contributed by atoms with E-state index >= 15 is 0 Å². The first kappa shape index (κ1) is 20.8. The Morgan fingerprint density at radius 3 is 2.21 bits per heavy atom. The van der Waals surface area contributed by atoms with Gasteiger partial charge >= 0.3 is 6.03 Å². The second-order valence-electron chi connectivity index (χ2n) is 6.86. The van der Waals surface area contributed by atoms with E-state index in [9.17, 15) is 22.4 Å². The number of hydrogen-bond donors (Lipinski definition) is 1. The summed E-state index contributed by atoms with van der Waals surface area (Å²) in [7, 11) is -4.23. The van der Waals surface area contributed by atoms with Gasteiger partial charge in [-0.25, -0.2) is 21.9 Å². The van der Waals surface area contributed by atoms with Crippen molar-refractivity contribution in [1.29, 1.82) is 0 Å². The van der Waals surface area contributed by atoms with E-state index in [0.29, 0.717) is 23.1 Å². The molecule has 1 aliphatic rings. The fraction of sp³-hybridized carbons (Fsp3) is 0.300. The van der Waals surface area contributed by atoms with Gasteiger partial charge in [0.05, 0.1) is 4.90 Å². The molecule has 1 heterocycles. The summed E-state index contributed by atoms with van der Waals surface area (Å²) in [6.45, 7) is 2.03. The van der Waals surface area contributed by atoms with Crippen molar-refractivity contribution in [2.45, 2.75) is 24.7 Å². The first-order valence-electron chi connectivity index (χ1n) is 9.21. The molecule has 1 aliphatic heterocycles. The highest BCUT2D eigenvalue weighted by atomic mass is 32.2. The third kappa shape index (κ3) is 4.92. The van der Waals surface area contributed by atoms with Crippen LogP contribution in [0.25, 0.3) is 0 Å². The molecule has 0 bridgehead atoms. The number of aryl methyl sites for hydroxylation is 1. The topological polar surface area (TPSA) is 86.8 Å². The minimum Gasteiger partial charge on any atom is -0.325 e. The van der Waals surface area contributed by atoms with Gasteiger partial charge in [0.15, 0.2) is 0 Å². The van der Waals surface area contributed by atoms with Gasteiger partial charge in [0.1, 0.15) is 12.4 Å². The lowest BCUT2D eigenvalue weighted by Crippen LogP contribution is -2.48. The van der Waals surface area contributed by atoms with Gasteiger partial charge in [-0.2, -0.15) is 0 Å². The molecule has 3 rings (SSSR count). The Morgan fingerprint density at radius 2 is 1.62 bits per heavy atom. The Hall–Kier alpha value is -2.94. The largest absolute Gasteiger partial charge is 0.334 e. The number of hydrogen-bond acceptors (Lipinski definition) is 4. The molecule has 2 aromatic rings. The van der Waals surface area contributed by atoms with Gasteiger partial charge in [0.25, 0.3) is 10.0 Å². The average Bonchev–Trinajstić information content (AvgIpc) is 3.22. The van der Waals surface area contributed by atoms with Crippen LogP contribution in [0.15, 0.2) is 53.4 Å². The minimum atomic E-state index is -4.23. The van der Waals surface area contributed by atoms with E-state index in [1.165, 1.54) is 41.3 Å². The standard InChI is InChI=1S/C20H22FN3O4S/c1-15-4-10-18(11-5-15)29(27,28)24(20(26)23-12-2-3-13-23)14-19(25)22-17-8-6-16(21)7-9-17/h4-11H,2-3,12-14H2,1H3,(H,22,25). The third-order valence-electron chi connectivity index (χ3n) is 4.61. The van der Waals surface area contributed by atoms with Gasteiger partial charge in [-0.15, -0.1) is 0 Å². The number of amides is 3. The maximum absolute atomic E-state index is 13.1. The molecule has 0 aliphatic carbocycles. The summed E-state index contributed by atoms with van der Waals surface area (Å²) >= 11 is 0. The molecule has 0 spiro atoms. The zero-order valence-electron chi connectivity index (χ0n) is 16.0. The number of urea groups is 1. The molecule has 0 atom stereocenters. The molecular weight excluding hydrogens is 397 g/mol. The molecular formula is C20H22FN3O4S. The van der Waals surface area contributed by atoms with Crippen molar-refractivity contribution in [3.63, 3.8) is 0 Å². The smallest absolute Gasteiger partial charge is 0.325 e. The van der Waals surface area contributed by atoms with Crippen molar-refractivity contribution in [2.24, 2.45) is 0 Å². The van der Waals surface area contributed by atoms with Crippen LogP contribution in [0, 0.1) is 12.7 Å². The Kier molecular flexibility index (Phi) is 6.17. The van der Waals surface area contributed by atoms with E-state index in [2.05, 4.69) is 5.32 Å². The maximum atomic E-state index is 13.1. The lowest BCUT2D eigenvalue weighted by Gasteiger charge is -2.27. The lowest BCUT2D eigenvalue weighted by molar-refractivity contribution is -0.116. The Morgan fingerprint density at radius 1 is 1.03 bits per heavy atom. The number of anilines is 1. The quantitative estimate of drug-likeness (QED) is 0.807. The number of carbonyl (C=O) groups is 2. The van der Waals surface area contributed by atoms with Crippen LogP contribution < -0.4 is 5.32 Å². The van der Waals surface area contributed by atoms with Crippen molar-refractivity contribution in [1.82, 2.24) is 9.21 Å². The Labute approximate surface area is 169 Å². The number of halogens is 1. The molecule has 3 amide bonds. The highest BCUT2D eigenvalue weighted by molar-refractivity contribution is 7.89. The van der Waals surface area contributed by atoms with Crippen molar-refractivity contribution >= 4 is 27.6 Å². The number of carbonyl (C=O) groups excluding carboxylic acids is 2. The first-order chi connectivity index (χ1) is 13.8. The number of rotatable bonds is 5. The monoisotopic (exact) mass is 419 g/mol. The molecule has 0 radical (unpaired) electrons. The van der Waals surface area contributed by atoms with Crippen molar-refractivity contribution in [3.8, 4) is 0 Å². The first-order valence-corrected chi connectivity index (χ1v) is 10.6. The van der Waals surface area contributed by atoms with Crippen LogP contribution in [-0.4, -0.2) is 49.2 Å². The highest BCUT2D eigenvalue weighted by Crippen LogP contribution is 2.20. The molecule has 0 aromatic heterocycles. The molecule has 2 aromatic carbocycles. The highest BCUT2D eigenvalue weighted by Gasteiger charge is 2.35. The maximum Gasteiger partial charge on any atom is 0.334 e. The van der Waals surface area contributed by atoms with Gasteiger partial charge in [0.2, 0.25) is 5.91 Å². The van der Waals surface area contributed by atoms with Gasteiger partial charge in [0, 0.05) is 18.8 Å². The molecule has 1 N–H and O–H groups in total. The van der Waals surface area contributed by atoms with Crippen LogP contribution in [0.3, 0.4) is 0 Å². The predicted octanol–water partition coefficient (Wildman–Crippen LogP) is 2.98. The van der Waals surface area contributed by atoms with Crippen LogP contribution in [0.4, 0.5) is 14.9 Å². The number of nitrogens with zero attached hydrogens (tertiary/aromatic N) is 2. The molecule has 0 saturated carbocycles. The van der Waals surface area contributed by atoms with Crippen molar-refractivity contribution in [2.75, 3.05) is 25.0 Å². The van der Waals surface area contributed by atoms with Gasteiger partial charge in [-0.1, -0.05) is 17.7 Å². The van der Waals surface area contributed by atoms with E-state index in [4.69, 9.17) is 0 Å². The summed E-state index contributed by atoms with van der Waals surface area (Å²) in [6.07, 6.45) is 1.57. The second-order valence-corrected chi connectivity index (χ2v) is 8.72. The summed E-state index contributed by atoms with van der Waals surface area (Å²) in [4.78, 5) is 26.7. The molecule has 154 valence electrons. The van der Waals surface area contributed by atoms with Crippen LogP contribution in [-0.2, 0) is 14.8 Å². The number of likely N-dealkylation sites (tertiary alicyclic amines) is 1. The minimum absolute atomic E-state index is 0.0646. The normalized spacial score (nSPS) is 13.9. The molecule has 1 fully saturated rings. The lowest BCUT2D eigenvalue weighted by atomic mass is 10.2. The number of nitrogens with one attached hydrogen (secondary N) is 1. The summed E-state index contributed by atoms with van der Waals surface area (Å²) in [5.41, 5.74) is 1.17. The van der Waals surface area contributed by atoms with E-state index in [-0.39, 0.29) is 4.90 Å². The van der Waals surface area contributed by atoms with Crippen molar-refractivity contribution in [3.05, 3.63) is 59.9 Å². The summed E-state index contributed by atoms with van der Waals surface area (Å²) in [5.74, 6) is -1.16. The zero-order valence-corrected chi connectivity index (χ0v) is 16.8.